The van der Waals surface area contributed by atoms with E-state index in [1.807, 2.05) is 0 Å². The van der Waals surface area contributed by atoms with Crippen LogP contribution in [0.4, 0.5) is 4.79 Å². The Morgan fingerprint density at radius 2 is 2.00 bits per heavy atom. The second kappa shape index (κ2) is 4.70. The van der Waals surface area contributed by atoms with Gasteiger partial charge in [0.1, 0.15) is 12.1 Å². The van der Waals surface area contributed by atoms with Crippen molar-refractivity contribution in [3.05, 3.63) is 0 Å². The molecule has 7 nitrogen and oxygen atoms in total. The summed E-state index contributed by atoms with van der Waals surface area (Å²) < 4.78 is 4.83. The van der Waals surface area contributed by atoms with Crippen molar-refractivity contribution in [3.63, 3.8) is 0 Å². The van der Waals surface area contributed by atoms with Crippen molar-refractivity contribution in [2.75, 3.05) is 26.8 Å². The molecule has 0 aliphatic carbocycles. The first-order valence-electron chi connectivity index (χ1n) is 5.23. The summed E-state index contributed by atoms with van der Waals surface area (Å²) in [5.74, 6) is -0.992. The molecule has 1 rings (SSSR count). The summed E-state index contributed by atoms with van der Waals surface area (Å²) >= 11 is 0. The summed E-state index contributed by atoms with van der Waals surface area (Å²) in [5, 5.41) is 0. The smallest absolute Gasteiger partial charge is 0.328 e. The number of amides is 4. The van der Waals surface area contributed by atoms with E-state index < -0.39 is 17.5 Å². The lowest BCUT2D eigenvalue weighted by atomic mass is 10.0. The van der Waals surface area contributed by atoms with Gasteiger partial charge >= 0.3 is 6.03 Å². The number of nitrogens with zero attached hydrogens (tertiary/aromatic N) is 2. The number of carbonyl (C=O) groups excluding carboxylic acids is 3. The molecule has 0 aromatic rings. The fourth-order valence-corrected chi connectivity index (χ4v) is 1.72. The highest BCUT2D eigenvalue weighted by Gasteiger charge is 2.51. The zero-order valence-corrected chi connectivity index (χ0v) is 10.2. The number of carbonyl (C=O) groups is 3. The van der Waals surface area contributed by atoms with Crippen molar-refractivity contribution in [2.24, 2.45) is 5.73 Å². The number of nitrogens with two attached hydrogens (primary N) is 1. The van der Waals surface area contributed by atoms with Gasteiger partial charge in [0, 0.05) is 7.11 Å². The van der Waals surface area contributed by atoms with Gasteiger partial charge in [0.15, 0.2) is 0 Å². The molecule has 0 aromatic heterocycles. The predicted octanol–water partition coefficient (Wildman–Crippen LogP) is -0.839. The molecule has 4 amide bonds. The van der Waals surface area contributed by atoms with Crippen molar-refractivity contribution in [3.8, 4) is 0 Å². The average Bonchev–Trinajstić information content (AvgIpc) is 2.38. The molecule has 1 fully saturated rings. The first-order valence-corrected chi connectivity index (χ1v) is 5.23. The Bertz CT molecular complexity index is 353. The second-order valence-electron chi connectivity index (χ2n) is 4.34. The van der Waals surface area contributed by atoms with Crippen molar-refractivity contribution < 1.29 is 19.1 Å². The fourth-order valence-electron chi connectivity index (χ4n) is 1.72. The third kappa shape index (κ3) is 2.38. The van der Waals surface area contributed by atoms with Gasteiger partial charge in [-0.25, -0.2) is 4.79 Å². The molecule has 96 valence electrons. The quantitative estimate of drug-likeness (QED) is 0.637. The lowest BCUT2D eigenvalue weighted by Crippen LogP contribution is -2.47. The van der Waals surface area contributed by atoms with Gasteiger partial charge in [-0.15, -0.1) is 0 Å². The topological polar surface area (TPSA) is 92.9 Å². The molecule has 1 heterocycles. The summed E-state index contributed by atoms with van der Waals surface area (Å²) in [4.78, 5) is 37.1. The molecule has 0 spiro atoms. The minimum absolute atomic E-state index is 0.173. The molecule has 7 heteroatoms. The van der Waals surface area contributed by atoms with Gasteiger partial charge in [-0.1, -0.05) is 0 Å². The Balaban J connectivity index is 2.90. The van der Waals surface area contributed by atoms with Gasteiger partial charge in [0.25, 0.3) is 5.91 Å². The monoisotopic (exact) mass is 243 g/mol. The van der Waals surface area contributed by atoms with Gasteiger partial charge < -0.3 is 15.4 Å². The molecular weight excluding hydrogens is 226 g/mol. The Kier molecular flexibility index (Phi) is 3.72. The Morgan fingerprint density at radius 1 is 1.41 bits per heavy atom. The molecule has 0 radical (unpaired) electrons. The molecule has 0 unspecified atom stereocenters. The maximum atomic E-state index is 12.0. The predicted molar refractivity (Wildman–Crippen MR) is 59.0 cm³/mol. The summed E-state index contributed by atoms with van der Waals surface area (Å²) in [6.45, 7) is 3.35. The van der Waals surface area contributed by atoms with Crippen molar-refractivity contribution >= 4 is 17.8 Å². The third-order valence-corrected chi connectivity index (χ3v) is 2.74. The first kappa shape index (κ1) is 13.4. The van der Waals surface area contributed by atoms with Crippen LogP contribution in [0.1, 0.15) is 13.8 Å². The molecule has 1 aliphatic heterocycles. The highest BCUT2D eigenvalue weighted by Crippen LogP contribution is 2.26. The first-order chi connectivity index (χ1) is 7.82. The van der Waals surface area contributed by atoms with E-state index in [0.717, 1.165) is 4.90 Å². The van der Waals surface area contributed by atoms with Crippen LogP contribution in [0.15, 0.2) is 0 Å². The fraction of sp³-hybridized carbons (Fsp3) is 0.700. The van der Waals surface area contributed by atoms with Crippen LogP contribution in [-0.2, 0) is 14.3 Å². The number of primary amides is 1. The van der Waals surface area contributed by atoms with E-state index in [1.165, 1.54) is 12.0 Å². The zero-order valence-electron chi connectivity index (χ0n) is 10.2. The number of hydrogen-bond donors (Lipinski definition) is 1. The van der Waals surface area contributed by atoms with Crippen LogP contribution < -0.4 is 5.73 Å². The van der Waals surface area contributed by atoms with Gasteiger partial charge in [-0.05, 0) is 13.8 Å². The van der Waals surface area contributed by atoms with E-state index >= 15 is 0 Å². The highest BCUT2D eigenvalue weighted by atomic mass is 16.5. The van der Waals surface area contributed by atoms with Crippen LogP contribution >= 0.6 is 0 Å². The molecule has 0 saturated carbocycles. The van der Waals surface area contributed by atoms with Gasteiger partial charge in [0.2, 0.25) is 5.91 Å². The molecule has 0 aromatic carbocycles. The Hall–Kier alpha value is -1.63. The SMILES string of the molecule is COCCN1C(=O)N(CC(N)=O)C(C)(C)C1=O. The number of methoxy groups -OCH3 is 1. The normalized spacial score (nSPS) is 19.0. The number of urea groups is 1. The van der Waals surface area contributed by atoms with Crippen LogP contribution in [0.25, 0.3) is 0 Å². The lowest BCUT2D eigenvalue weighted by Gasteiger charge is -2.26. The molecule has 0 bridgehead atoms. The molecule has 1 aliphatic rings. The van der Waals surface area contributed by atoms with E-state index in [0.29, 0.717) is 0 Å². The van der Waals surface area contributed by atoms with Crippen molar-refractivity contribution in [1.29, 1.82) is 0 Å². The lowest BCUT2D eigenvalue weighted by molar-refractivity contribution is -0.132. The number of hydrogen-bond acceptors (Lipinski definition) is 4. The number of rotatable bonds is 5. The standard InChI is InChI=1S/C10H17N3O4/c1-10(2)8(15)12(4-5-17-3)9(16)13(10)6-7(11)14/h4-6H2,1-3H3,(H2,11,14). The minimum Gasteiger partial charge on any atom is -0.383 e. The zero-order chi connectivity index (χ0) is 13.2. The van der Waals surface area contributed by atoms with Crippen LogP contribution in [0.5, 0.6) is 0 Å². The van der Waals surface area contributed by atoms with Crippen molar-refractivity contribution in [2.45, 2.75) is 19.4 Å². The minimum atomic E-state index is -1.04. The maximum Gasteiger partial charge on any atom is 0.328 e. The van der Waals surface area contributed by atoms with Crippen LogP contribution in [0.3, 0.4) is 0 Å². The number of imide groups is 1. The summed E-state index contributed by atoms with van der Waals surface area (Å²) in [6.07, 6.45) is 0. The van der Waals surface area contributed by atoms with Gasteiger partial charge in [-0.3, -0.25) is 14.5 Å². The highest BCUT2D eigenvalue weighted by molar-refractivity contribution is 6.07. The average molecular weight is 243 g/mol. The van der Waals surface area contributed by atoms with Gasteiger partial charge in [-0.2, -0.15) is 0 Å². The Labute approximate surface area is 99.5 Å². The summed E-state index contributed by atoms with van der Waals surface area (Å²) in [6, 6.07) is -0.504. The summed E-state index contributed by atoms with van der Waals surface area (Å²) in [7, 11) is 1.48. The molecule has 17 heavy (non-hydrogen) atoms. The molecule has 1 saturated heterocycles. The van der Waals surface area contributed by atoms with E-state index in [-0.39, 0.29) is 25.6 Å². The Morgan fingerprint density at radius 3 is 2.47 bits per heavy atom. The number of ether oxygens (including phenoxy) is 1. The third-order valence-electron chi connectivity index (χ3n) is 2.74. The van der Waals surface area contributed by atoms with Crippen LogP contribution in [0.2, 0.25) is 0 Å². The van der Waals surface area contributed by atoms with E-state index in [2.05, 4.69) is 0 Å². The van der Waals surface area contributed by atoms with Gasteiger partial charge in [0.05, 0.1) is 13.2 Å². The van der Waals surface area contributed by atoms with E-state index in [1.54, 1.807) is 13.8 Å². The molecular formula is C10H17N3O4. The van der Waals surface area contributed by atoms with Crippen molar-refractivity contribution in [1.82, 2.24) is 9.80 Å². The van der Waals surface area contributed by atoms with E-state index in [9.17, 15) is 14.4 Å². The maximum absolute atomic E-state index is 12.0. The van der Waals surface area contributed by atoms with E-state index in [4.69, 9.17) is 10.5 Å². The molecule has 2 N–H and O–H groups in total. The second-order valence-corrected chi connectivity index (χ2v) is 4.34. The van der Waals surface area contributed by atoms with Crippen LogP contribution in [0, 0.1) is 0 Å². The largest absolute Gasteiger partial charge is 0.383 e. The summed E-state index contributed by atoms with van der Waals surface area (Å²) in [5.41, 5.74) is 4.02. The molecule has 0 atom stereocenters. The van der Waals surface area contributed by atoms with Crippen LogP contribution in [-0.4, -0.2) is 60.0 Å².